The van der Waals surface area contributed by atoms with E-state index in [1.165, 1.54) is 0 Å². The third-order valence-corrected chi connectivity index (χ3v) is 3.83. The van der Waals surface area contributed by atoms with Gasteiger partial charge in [0.25, 0.3) is 0 Å². The highest BCUT2D eigenvalue weighted by Gasteiger charge is 2.48. The number of rotatable bonds is 5. The Kier molecular flexibility index (Phi) is 3.66. The van der Waals surface area contributed by atoms with Crippen molar-refractivity contribution in [1.29, 1.82) is 0 Å². The van der Waals surface area contributed by atoms with Crippen molar-refractivity contribution in [3.63, 3.8) is 0 Å². The molecule has 17 heavy (non-hydrogen) atoms. The van der Waals surface area contributed by atoms with Gasteiger partial charge >= 0.3 is 5.97 Å². The van der Waals surface area contributed by atoms with E-state index in [9.17, 15) is 9.59 Å². The first kappa shape index (κ1) is 12.4. The molecule has 5 heteroatoms. The average molecular weight is 240 g/mol. The molecule has 2 N–H and O–H groups in total. The quantitative estimate of drug-likeness (QED) is 0.718. The van der Waals surface area contributed by atoms with Gasteiger partial charge in [0, 0.05) is 13.1 Å². The summed E-state index contributed by atoms with van der Waals surface area (Å²) in [6.45, 7) is 6.05. The second kappa shape index (κ2) is 5.04. The van der Waals surface area contributed by atoms with Gasteiger partial charge in [-0.05, 0) is 31.8 Å². The molecule has 1 amide bonds. The van der Waals surface area contributed by atoms with Crippen LogP contribution in [0, 0.1) is 17.8 Å². The van der Waals surface area contributed by atoms with Crippen molar-refractivity contribution >= 4 is 11.9 Å². The van der Waals surface area contributed by atoms with Gasteiger partial charge in [0.15, 0.2) is 0 Å². The first-order valence-electron chi connectivity index (χ1n) is 6.34. The highest BCUT2D eigenvalue weighted by Crippen LogP contribution is 2.38. The number of amides is 1. The van der Waals surface area contributed by atoms with Crippen molar-refractivity contribution in [2.75, 3.05) is 26.2 Å². The fourth-order valence-electron chi connectivity index (χ4n) is 2.50. The summed E-state index contributed by atoms with van der Waals surface area (Å²) >= 11 is 0. The second-order valence-electron chi connectivity index (χ2n) is 5.08. The van der Waals surface area contributed by atoms with Gasteiger partial charge in [0.05, 0.1) is 11.8 Å². The summed E-state index contributed by atoms with van der Waals surface area (Å²) in [6, 6.07) is 0. The van der Waals surface area contributed by atoms with Gasteiger partial charge in [0.1, 0.15) is 0 Å². The molecule has 96 valence electrons. The number of carbonyl (C=O) groups is 2. The normalized spacial score (nSPS) is 32.4. The maximum atomic E-state index is 11.6. The Balaban J connectivity index is 1.66. The Bertz CT molecular complexity index is 319. The minimum Gasteiger partial charge on any atom is -0.481 e. The molecular formula is C12H20N2O3. The summed E-state index contributed by atoms with van der Waals surface area (Å²) < 4.78 is 0. The van der Waals surface area contributed by atoms with E-state index in [1.54, 1.807) is 0 Å². The summed E-state index contributed by atoms with van der Waals surface area (Å²) in [5.74, 6) is -1.11. The molecule has 0 aromatic carbocycles. The lowest BCUT2D eigenvalue weighted by atomic mass is 10.1. The molecule has 0 spiro atoms. The zero-order valence-electron chi connectivity index (χ0n) is 10.2. The van der Waals surface area contributed by atoms with E-state index in [0.29, 0.717) is 18.9 Å². The van der Waals surface area contributed by atoms with Crippen LogP contribution in [0.2, 0.25) is 0 Å². The number of aliphatic carboxylic acids is 1. The largest absolute Gasteiger partial charge is 0.481 e. The maximum Gasteiger partial charge on any atom is 0.307 e. The van der Waals surface area contributed by atoms with Crippen LogP contribution in [-0.4, -0.2) is 48.1 Å². The van der Waals surface area contributed by atoms with E-state index in [-0.39, 0.29) is 11.8 Å². The van der Waals surface area contributed by atoms with Gasteiger partial charge in [-0.2, -0.15) is 0 Å². The molecule has 3 atom stereocenters. The summed E-state index contributed by atoms with van der Waals surface area (Å²) in [6.07, 6.45) is 1.63. The van der Waals surface area contributed by atoms with Gasteiger partial charge in [-0.1, -0.05) is 6.92 Å². The monoisotopic (exact) mass is 240 g/mol. The van der Waals surface area contributed by atoms with Crippen LogP contribution in [0.3, 0.4) is 0 Å². The number of carboxylic acids is 1. The molecule has 1 aliphatic carbocycles. The van der Waals surface area contributed by atoms with Crippen LogP contribution in [0.4, 0.5) is 0 Å². The number of nitrogens with zero attached hydrogens (tertiary/aromatic N) is 1. The van der Waals surface area contributed by atoms with E-state index in [2.05, 4.69) is 17.1 Å². The molecule has 1 unspecified atom stereocenters. The number of hydrogen-bond donors (Lipinski definition) is 2. The van der Waals surface area contributed by atoms with Crippen molar-refractivity contribution in [1.82, 2.24) is 10.2 Å². The van der Waals surface area contributed by atoms with Crippen LogP contribution in [0.1, 0.15) is 19.8 Å². The molecule has 0 aromatic rings. The fraction of sp³-hybridized carbons (Fsp3) is 0.833. The minimum atomic E-state index is -0.844. The lowest BCUT2D eigenvalue weighted by Crippen LogP contribution is -2.32. The highest BCUT2D eigenvalue weighted by atomic mass is 16.4. The molecule has 1 saturated carbocycles. The molecule has 2 fully saturated rings. The van der Waals surface area contributed by atoms with Crippen LogP contribution in [0.15, 0.2) is 0 Å². The summed E-state index contributed by atoms with van der Waals surface area (Å²) in [5.41, 5.74) is 0. The van der Waals surface area contributed by atoms with E-state index in [0.717, 1.165) is 26.1 Å². The van der Waals surface area contributed by atoms with Crippen molar-refractivity contribution < 1.29 is 14.7 Å². The predicted molar refractivity (Wildman–Crippen MR) is 62.5 cm³/mol. The summed E-state index contributed by atoms with van der Waals surface area (Å²) in [5, 5.41) is 11.6. The van der Waals surface area contributed by atoms with Crippen molar-refractivity contribution in [2.45, 2.75) is 19.8 Å². The zero-order valence-corrected chi connectivity index (χ0v) is 10.2. The summed E-state index contributed by atoms with van der Waals surface area (Å²) in [4.78, 5) is 24.6. The van der Waals surface area contributed by atoms with Crippen molar-refractivity contribution in [3.8, 4) is 0 Å². The van der Waals surface area contributed by atoms with Gasteiger partial charge in [-0.25, -0.2) is 0 Å². The lowest BCUT2D eigenvalue weighted by molar-refractivity contribution is -0.140. The van der Waals surface area contributed by atoms with Crippen LogP contribution in [0.25, 0.3) is 0 Å². The van der Waals surface area contributed by atoms with E-state index >= 15 is 0 Å². The Morgan fingerprint density at radius 2 is 2.18 bits per heavy atom. The molecule has 0 radical (unpaired) electrons. The molecule has 2 aliphatic rings. The van der Waals surface area contributed by atoms with E-state index in [4.69, 9.17) is 5.11 Å². The van der Waals surface area contributed by atoms with Crippen molar-refractivity contribution in [3.05, 3.63) is 0 Å². The SMILES string of the molecule is CCN1CCC(CNC(=O)[C@@H]2C[C@@H]2C(=O)O)C1. The molecule has 1 aliphatic heterocycles. The summed E-state index contributed by atoms with van der Waals surface area (Å²) in [7, 11) is 0. The molecule has 0 bridgehead atoms. The third kappa shape index (κ3) is 2.97. The first-order valence-corrected chi connectivity index (χ1v) is 6.34. The molecule has 1 heterocycles. The van der Waals surface area contributed by atoms with Gasteiger partial charge in [-0.3, -0.25) is 9.59 Å². The first-order chi connectivity index (χ1) is 8.11. The standard InChI is InChI=1S/C12H20N2O3/c1-2-14-4-3-8(7-14)6-13-11(15)9-5-10(9)12(16)17/h8-10H,2-7H2,1H3,(H,13,15)(H,16,17)/t8?,9-,10+/m1/s1. The Morgan fingerprint density at radius 3 is 2.71 bits per heavy atom. The lowest BCUT2D eigenvalue weighted by Gasteiger charge is -2.13. The second-order valence-corrected chi connectivity index (χ2v) is 5.08. The van der Waals surface area contributed by atoms with Gasteiger partial charge in [0.2, 0.25) is 5.91 Å². The average Bonchev–Trinajstić information content (AvgIpc) is 2.99. The number of carbonyl (C=O) groups excluding carboxylic acids is 1. The molecule has 2 rings (SSSR count). The molecule has 1 saturated heterocycles. The molecule has 5 nitrogen and oxygen atoms in total. The smallest absolute Gasteiger partial charge is 0.307 e. The highest BCUT2D eigenvalue weighted by molar-refractivity contribution is 5.89. The van der Waals surface area contributed by atoms with Crippen molar-refractivity contribution in [2.24, 2.45) is 17.8 Å². The molecule has 0 aromatic heterocycles. The Morgan fingerprint density at radius 1 is 1.41 bits per heavy atom. The van der Waals surface area contributed by atoms with Crippen LogP contribution < -0.4 is 5.32 Å². The fourth-order valence-corrected chi connectivity index (χ4v) is 2.50. The topological polar surface area (TPSA) is 69.6 Å². The molecular weight excluding hydrogens is 220 g/mol. The van der Waals surface area contributed by atoms with Crippen LogP contribution in [0.5, 0.6) is 0 Å². The number of likely N-dealkylation sites (tertiary alicyclic amines) is 1. The number of nitrogens with one attached hydrogen (secondary N) is 1. The third-order valence-electron chi connectivity index (χ3n) is 3.83. The minimum absolute atomic E-state index is 0.0765. The Hall–Kier alpha value is -1.10. The Labute approximate surface area is 101 Å². The van der Waals surface area contributed by atoms with Gasteiger partial charge < -0.3 is 15.3 Å². The number of carboxylic acid groups (broad SMARTS) is 1. The predicted octanol–water partition coefficient (Wildman–Crippen LogP) is 0.165. The number of hydrogen-bond acceptors (Lipinski definition) is 3. The van der Waals surface area contributed by atoms with Gasteiger partial charge in [-0.15, -0.1) is 0 Å². The van der Waals surface area contributed by atoms with E-state index < -0.39 is 11.9 Å². The van der Waals surface area contributed by atoms with E-state index in [1.807, 2.05) is 0 Å². The van der Waals surface area contributed by atoms with Crippen LogP contribution >= 0.6 is 0 Å². The van der Waals surface area contributed by atoms with Crippen LogP contribution in [-0.2, 0) is 9.59 Å². The zero-order chi connectivity index (χ0) is 12.4. The maximum absolute atomic E-state index is 11.6.